The minimum atomic E-state index is -0.546. The highest BCUT2D eigenvalue weighted by molar-refractivity contribution is 5.19. The fraction of sp³-hybridized carbons (Fsp3) is 0.444. The molecule has 3 nitrogen and oxygen atoms in total. The van der Waals surface area contributed by atoms with Gasteiger partial charge >= 0.3 is 0 Å². The molecular weight excluding hydrogens is 173 g/mol. The molecule has 0 aromatic carbocycles. The Morgan fingerprint density at radius 2 is 1.92 bits per heavy atom. The minimum Gasteiger partial charge on any atom is -0.396 e. The van der Waals surface area contributed by atoms with Crippen LogP contribution in [-0.4, -0.2) is 28.4 Å². The van der Waals surface area contributed by atoms with Gasteiger partial charge in [0.2, 0.25) is 5.95 Å². The highest BCUT2D eigenvalue weighted by Gasteiger charge is 2.03. The van der Waals surface area contributed by atoms with Crippen LogP contribution >= 0.6 is 0 Å². The fourth-order valence-electron chi connectivity index (χ4n) is 1.10. The molecule has 0 fully saturated rings. The molecule has 1 aromatic heterocycles. The summed E-state index contributed by atoms with van der Waals surface area (Å²) < 4.78 is 12.9. The number of aliphatic hydroxyl groups is 2. The normalized spacial score (nSPS) is 10.4. The first-order valence-electron chi connectivity index (χ1n) is 4.13. The van der Waals surface area contributed by atoms with Crippen molar-refractivity contribution in [3.63, 3.8) is 0 Å². The molecule has 2 N–H and O–H groups in total. The van der Waals surface area contributed by atoms with Crippen molar-refractivity contribution in [2.75, 3.05) is 13.2 Å². The van der Waals surface area contributed by atoms with Crippen LogP contribution in [0.1, 0.15) is 11.1 Å². The van der Waals surface area contributed by atoms with Crippen LogP contribution in [0, 0.1) is 5.95 Å². The van der Waals surface area contributed by atoms with Crippen LogP contribution in [0.5, 0.6) is 0 Å². The quantitative estimate of drug-likeness (QED) is 0.663. The van der Waals surface area contributed by atoms with Gasteiger partial charge in [0.15, 0.2) is 0 Å². The topological polar surface area (TPSA) is 53.4 Å². The molecule has 1 heterocycles. The maximum Gasteiger partial charge on any atom is 0.216 e. The van der Waals surface area contributed by atoms with Crippen LogP contribution in [0.3, 0.4) is 0 Å². The predicted octanol–water partition coefficient (Wildman–Crippen LogP) is 0.290. The lowest BCUT2D eigenvalue weighted by molar-refractivity contribution is 0.295. The molecular formula is C9H12FNO2. The number of aliphatic hydroxyl groups excluding tert-OH is 2. The lowest BCUT2D eigenvalue weighted by Gasteiger charge is -2.02. The van der Waals surface area contributed by atoms with Crippen molar-refractivity contribution in [2.24, 2.45) is 0 Å². The number of hydrogen-bond donors (Lipinski definition) is 2. The van der Waals surface area contributed by atoms with E-state index in [1.807, 2.05) is 0 Å². The predicted molar refractivity (Wildman–Crippen MR) is 45.8 cm³/mol. The second-order valence-electron chi connectivity index (χ2n) is 2.74. The van der Waals surface area contributed by atoms with Gasteiger partial charge in [0, 0.05) is 31.4 Å². The summed E-state index contributed by atoms with van der Waals surface area (Å²) in [7, 11) is 0. The van der Waals surface area contributed by atoms with Gasteiger partial charge in [-0.3, -0.25) is 0 Å². The van der Waals surface area contributed by atoms with Gasteiger partial charge in [-0.1, -0.05) is 0 Å². The number of hydrogen-bond acceptors (Lipinski definition) is 3. The van der Waals surface area contributed by atoms with Crippen molar-refractivity contribution >= 4 is 0 Å². The lowest BCUT2D eigenvalue weighted by atomic mass is 10.1. The van der Waals surface area contributed by atoms with Gasteiger partial charge in [0.05, 0.1) is 0 Å². The molecule has 13 heavy (non-hydrogen) atoms. The molecule has 1 aromatic rings. The van der Waals surface area contributed by atoms with E-state index in [0.717, 1.165) is 5.56 Å². The van der Waals surface area contributed by atoms with Gasteiger partial charge in [-0.15, -0.1) is 0 Å². The largest absolute Gasteiger partial charge is 0.396 e. The molecule has 0 bridgehead atoms. The average Bonchev–Trinajstić information content (AvgIpc) is 2.12. The molecule has 0 radical (unpaired) electrons. The van der Waals surface area contributed by atoms with Crippen LogP contribution in [0.25, 0.3) is 0 Å². The third-order valence-corrected chi connectivity index (χ3v) is 1.75. The molecule has 0 amide bonds. The summed E-state index contributed by atoms with van der Waals surface area (Å²) in [4.78, 5) is 3.53. The fourth-order valence-corrected chi connectivity index (χ4v) is 1.10. The van der Waals surface area contributed by atoms with Crippen LogP contribution < -0.4 is 0 Å². The van der Waals surface area contributed by atoms with E-state index < -0.39 is 5.95 Å². The molecule has 0 aliphatic heterocycles. The monoisotopic (exact) mass is 185 g/mol. The summed E-state index contributed by atoms with van der Waals surface area (Å²) >= 11 is 0. The van der Waals surface area contributed by atoms with E-state index >= 15 is 0 Å². The Kier molecular flexibility index (Phi) is 3.79. The zero-order valence-corrected chi connectivity index (χ0v) is 7.20. The Morgan fingerprint density at radius 1 is 1.23 bits per heavy atom. The van der Waals surface area contributed by atoms with Gasteiger partial charge in [-0.05, 0) is 18.1 Å². The van der Waals surface area contributed by atoms with E-state index in [1.54, 1.807) is 6.07 Å². The average molecular weight is 185 g/mol. The Balaban J connectivity index is 2.83. The lowest BCUT2D eigenvalue weighted by Crippen LogP contribution is -2.01. The Hall–Kier alpha value is -1.00. The summed E-state index contributed by atoms with van der Waals surface area (Å²) in [6.07, 6.45) is 2.12. The Bertz CT molecular complexity index is 278. The molecule has 0 saturated carbocycles. The van der Waals surface area contributed by atoms with Crippen LogP contribution in [-0.2, 0) is 12.8 Å². The summed E-state index contributed by atoms with van der Waals surface area (Å²) in [6, 6.07) is 1.62. The summed E-state index contributed by atoms with van der Waals surface area (Å²) in [5.41, 5.74) is 1.18. The molecule has 0 spiro atoms. The van der Waals surface area contributed by atoms with Crippen molar-refractivity contribution in [2.45, 2.75) is 12.8 Å². The smallest absolute Gasteiger partial charge is 0.216 e. The van der Waals surface area contributed by atoms with Gasteiger partial charge in [0.25, 0.3) is 0 Å². The van der Waals surface area contributed by atoms with Gasteiger partial charge in [0.1, 0.15) is 0 Å². The molecule has 0 aliphatic carbocycles. The van der Waals surface area contributed by atoms with Crippen molar-refractivity contribution in [1.82, 2.24) is 4.98 Å². The summed E-state index contributed by atoms with van der Waals surface area (Å²) in [5.74, 6) is -0.546. The van der Waals surface area contributed by atoms with Crippen molar-refractivity contribution in [3.8, 4) is 0 Å². The third-order valence-electron chi connectivity index (χ3n) is 1.75. The van der Waals surface area contributed by atoms with Crippen LogP contribution in [0.2, 0.25) is 0 Å². The van der Waals surface area contributed by atoms with E-state index in [9.17, 15) is 4.39 Å². The molecule has 0 unspecified atom stereocenters. The highest BCUT2D eigenvalue weighted by atomic mass is 19.1. The molecule has 0 saturated heterocycles. The standard InChI is InChI=1S/C9H12FNO2/c10-9-8(2-4-13)5-7(1-3-12)6-11-9/h5-6,12-13H,1-4H2. The number of nitrogens with zero attached hydrogens (tertiary/aromatic N) is 1. The second kappa shape index (κ2) is 4.89. The van der Waals surface area contributed by atoms with Gasteiger partial charge < -0.3 is 10.2 Å². The molecule has 1 rings (SSSR count). The van der Waals surface area contributed by atoms with Gasteiger partial charge in [-0.2, -0.15) is 4.39 Å². The highest BCUT2D eigenvalue weighted by Crippen LogP contribution is 2.08. The molecule has 0 atom stereocenters. The minimum absolute atomic E-state index is 0.0197. The molecule has 72 valence electrons. The first-order chi connectivity index (χ1) is 6.27. The molecule has 0 aliphatic rings. The zero-order chi connectivity index (χ0) is 9.68. The maximum atomic E-state index is 12.9. The van der Waals surface area contributed by atoms with E-state index in [0.29, 0.717) is 12.0 Å². The second-order valence-corrected chi connectivity index (χ2v) is 2.74. The van der Waals surface area contributed by atoms with E-state index in [-0.39, 0.29) is 19.6 Å². The van der Waals surface area contributed by atoms with E-state index in [1.165, 1.54) is 6.20 Å². The number of pyridine rings is 1. The van der Waals surface area contributed by atoms with Crippen molar-refractivity contribution < 1.29 is 14.6 Å². The van der Waals surface area contributed by atoms with Crippen molar-refractivity contribution in [1.29, 1.82) is 0 Å². The number of halogens is 1. The Labute approximate surface area is 75.9 Å². The van der Waals surface area contributed by atoms with Crippen LogP contribution in [0.4, 0.5) is 4.39 Å². The SMILES string of the molecule is OCCc1cnc(F)c(CCO)c1. The first-order valence-corrected chi connectivity index (χ1v) is 4.13. The van der Waals surface area contributed by atoms with Crippen LogP contribution in [0.15, 0.2) is 12.3 Å². The summed E-state index contributed by atoms with van der Waals surface area (Å²) in [5, 5.41) is 17.3. The van der Waals surface area contributed by atoms with Gasteiger partial charge in [-0.25, -0.2) is 4.98 Å². The zero-order valence-electron chi connectivity index (χ0n) is 7.20. The Morgan fingerprint density at radius 3 is 2.54 bits per heavy atom. The maximum absolute atomic E-state index is 12.9. The molecule has 4 heteroatoms. The summed E-state index contributed by atoms with van der Waals surface area (Å²) in [6.45, 7) is -0.0763. The first kappa shape index (κ1) is 10.1. The third kappa shape index (κ3) is 2.75. The van der Waals surface area contributed by atoms with E-state index in [4.69, 9.17) is 10.2 Å². The van der Waals surface area contributed by atoms with Crippen molar-refractivity contribution in [3.05, 3.63) is 29.3 Å². The number of aromatic nitrogens is 1. The van der Waals surface area contributed by atoms with E-state index in [2.05, 4.69) is 4.98 Å². The number of rotatable bonds is 4.